The molecule has 3 nitrogen and oxygen atoms in total. The van der Waals surface area contributed by atoms with E-state index in [2.05, 4.69) is 30.4 Å². The molecule has 110 valence electrons. The molecule has 21 heavy (non-hydrogen) atoms. The van der Waals surface area contributed by atoms with Gasteiger partial charge in [0.2, 0.25) is 0 Å². The summed E-state index contributed by atoms with van der Waals surface area (Å²) in [5.74, 6) is 1.03. The lowest BCUT2D eigenvalue weighted by Gasteiger charge is -2.21. The van der Waals surface area contributed by atoms with Crippen LogP contribution in [0.1, 0.15) is 53.1 Å². The summed E-state index contributed by atoms with van der Waals surface area (Å²) in [6.45, 7) is 3.19. The van der Waals surface area contributed by atoms with Gasteiger partial charge in [0.05, 0.1) is 5.69 Å². The maximum atomic E-state index is 6.09. The number of rotatable bonds is 3. The van der Waals surface area contributed by atoms with E-state index in [0.717, 1.165) is 30.1 Å². The fourth-order valence-electron chi connectivity index (χ4n) is 3.34. The zero-order valence-corrected chi connectivity index (χ0v) is 13.1. The van der Waals surface area contributed by atoms with Crippen molar-refractivity contribution >= 4 is 11.3 Å². The quantitative estimate of drug-likeness (QED) is 0.936. The third kappa shape index (κ3) is 2.36. The van der Waals surface area contributed by atoms with Crippen molar-refractivity contribution in [3.63, 3.8) is 0 Å². The van der Waals surface area contributed by atoms with Gasteiger partial charge in [-0.15, -0.1) is 11.3 Å². The summed E-state index contributed by atoms with van der Waals surface area (Å²) < 4.78 is 6.09. The standard InChI is InChI=1S/C17H20N2OS/c1-2-18-12-7-5-8-13-16(12)21-17(19-13)15-10-11-6-3-4-9-14(11)20-15/h3-4,6,9,12,15,18H,2,5,7-8,10H2,1H3. The van der Waals surface area contributed by atoms with Crippen molar-refractivity contribution in [3.05, 3.63) is 45.4 Å². The second-order valence-electron chi connectivity index (χ2n) is 5.78. The summed E-state index contributed by atoms with van der Waals surface area (Å²) in [6.07, 6.45) is 4.65. The summed E-state index contributed by atoms with van der Waals surface area (Å²) >= 11 is 1.85. The van der Waals surface area contributed by atoms with Gasteiger partial charge in [-0.05, 0) is 37.4 Å². The second-order valence-corrected chi connectivity index (χ2v) is 6.85. The third-order valence-electron chi connectivity index (χ3n) is 4.34. The Morgan fingerprint density at radius 2 is 2.29 bits per heavy atom. The fourth-order valence-corrected chi connectivity index (χ4v) is 4.59. The SMILES string of the molecule is CCNC1CCCc2nc(C3Cc4ccccc4O3)sc21. The highest BCUT2D eigenvalue weighted by molar-refractivity contribution is 7.12. The number of ether oxygens (including phenoxy) is 1. The molecule has 0 radical (unpaired) electrons. The van der Waals surface area contributed by atoms with Crippen LogP contribution >= 0.6 is 11.3 Å². The first-order valence-electron chi connectivity index (χ1n) is 7.82. The predicted molar refractivity (Wildman–Crippen MR) is 85.0 cm³/mol. The van der Waals surface area contributed by atoms with E-state index in [1.807, 2.05) is 17.4 Å². The smallest absolute Gasteiger partial charge is 0.154 e. The number of nitrogens with zero attached hydrogens (tertiary/aromatic N) is 1. The Hall–Kier alpha value is -1.39. The summed E-state index contributed by atoms with van der Waals surface area (Å²) in [6, 6.07) is 8.83. The van der Waals surface area contributed by atoms with Gasteiger partial charge in [-0.3, -0.25) is 0 Å². The molecule has 2 heterocycles. The van der Waals surface area contributed by atoms with Crippen molar-refractivity contribution in [1.82, 2.24) is 10.3 Å². The number of aryl methyl sites for hydroxylation is 1. The fraction of sp³-hybridized carbons (Fsp3) is 0.471. The molecule has 2 atom stereocenters. The third-order valence-corrected chi connectivity index (χ3v) is 5.64. The Balaban J connectivity index is 1.61. The van der Waals surface area contributed by atoms with Gasteiger partial charge in [0, 0.05) is 17.3 Å². The lowest BCUT2D eigenvalue weighted by Crippen LogP contribution is -2.23. The topological polar surface area (TPSA) is 34.2 Å². The van der Waals surface area contributed by atoms with Crippen molar-refractivity contribution in [2.45, 2.75) is 44.8 Å². The molecule has 0 bridgehead atoms. The van der Waals surface area contributed by atoms with Gasteiger partial charge in [-0.25, -0.2) is 4.98 Å². The minimum atomic E-state index is 0.111. The van der Waals surface area contributed by atoms with E-state index in [-0.39, 0.29) is 6.10 Å². The zero-order chi connectivity index (χ0) is 14.2. The van der Waals surface area contributed by atoms with E-state index in [1.165, 1.54) is 29.0 Å². The Labute approximate surface area is 129 Å². The van der Waals surface area contributed by atoms with Crippen LogP contribution in [0.4, 0.5) is 0 Å². The summed E-state index contributed by atoms with van der Waals surface area (Å²) in [7, 11) is 0. The largest absolute Gasteiger partial charge is 0.483 e. The lowest BCUT2D eigenvalue weighted by atomic mass is 9.98. The van der Waals surface area contributed by atoms with Gasteiger partial charge in [0.1, 0.15) is 10.8 Å². The molecule has 1 aromatic heterocycles. The van der Waals surface area contributed by atoms with Crippen molar-refractivity contribution < 1.29 is 4.74 Å². The minimum Gasteiger partial charge on any atom is -0.483 e. The van der Waals surface area contributed by atoms with Crippen molar-refractivity contribution in [2.24, 2.45) is 0 Å². The minimum absolute atomic E-state index is 0.111. The lowest BCUT2D eigenvalue weighted by molar-refractivity contribution is 0.238. The van der Waals surface area contributed by atoms with Crippen LogP contribution in [0.15, 0.2) is 24.3 Å². The molecule has 1 aliphatic carbocycles. The highest BCUT2D eigenvalue weighted by Crippen LogP contribution is 2.41. The predicted octanol–water partition coefficient (Wildman–Crippen LogP) is 3.81. The second kappa shape index (κ2) is 5.43. The van der Waals surface area contributed by atoms with Crippen LogP contribution in [0.3, 0.4) is 0 Å². The van der Waals surface area contributed by atoms with Crippen LogP contribution < -0.4 is 10.1 Å². The highest BCUT2D eigenvalue weighted by Gasteiger charge is 2.30. The Kier molecular flexibility index (Phi) is 3.43. The van der Waals surface area contributed by atoms with E-state index < -0.39 is 0 Å². The van der Waals surface area contributed by atoms with Gasteiger partial charge in [0.15, 0.2) is 6.10 Å². The molecular formula is C17H20N2OS. The molecule has 1 aromatic carbocycles. The van der Waals surface area contributed by atoms with E-state index in [0.29, 0.717) is 6.04 Å². The molecule has 0 saturated heterocycles. The first-order chi connectivity index (χ1) is 10.3. The number of aromatic nitrogens is 1. The maximum Gasteiger partial charge on any atom is 0.154 e. The molecule has 0 spiro atoms. The van der Waals surface area contributed by atoms with Crippen LogP contribution in [0.5, 0.6) is 5.75 Å². The van der Waals surface area contributed by atoms with E-state index in [1.54, 1.807) is 0 Å². The summed E-state index contributed by atoms with van der Waals surface area (Å²) in [4.78, 5) is 6.34. The Morgan fingerprint density at radius 3 is 3.14 bits per heavy atom. The van der Waals surface area contributed by atoms with Crippen LogP contribution in [-0.4, -0.2) is 11.5 Å². The Morgan fingerprint density at radius 1 is 1.38 bits per heavy atom. The van der Waals surface area contributed by atoms with Crippen LogP contribution in [0.2, 0.25) is 0 Å². The molecular weight excluding hydrogens is 280 g/mol. The molecule has 1 N–H and O–H groups in total. The average molecular weight is 300 g/mol. The summed E-state index contributed by atoms with van der Waals surface area (Å²) in [5.41, 5.74) is 2.60. The van der Waals surface area contributed by atoms with Gasteiger partial charge in [-0.1, -0.05) is 25.1 Å². The average Bonchev–Trinajstić information content (AvgIpc) is 3.11. The van der Waals surface area contributed by atoms with Crippen molar-refractivity contribution in [2.75, 3.05) is 6.54 Å². The number of benzene rings is 1. The van der Waals surface area contributed by atoms with Gasteiger partial charge < -0.3 is 10.1 Å². The molecule has 2 aromatic rings. The van der Waals surface area contributed by atoms with E-state index >= 15 is 0 Å². The maximum absolute atomic E-state index is 6.09. The van der Waals surface area contributed by atoms with E-state index in [4.69, 9.17) is 9.72 Å². The van der Waals surface area contributed by atoms with Crippen LogP contribution in [-0.2, 0) is 12.8 Å². The van der Waals surface area contributed by atoms with Gasteiger partial charge in [0.25, 0.3) is 0 Å². The van der Waals surface area contributed by atoms with E-state index in [9.17, 15) is 0 Å². The molecule has 0 saturated carbocycles. The number of fused-ring (bicyclic) bond motifs is 2. The molecule has 1 aliphatic heterocycles. The first-order valence-corrected chi connectivity index (χ1v) is 8.64. The van der Waals surface area contributed by atoms with Gasteiger partial charge >= 0.3 is 0 Å². The number of para-hydroxylation sites is 1. The monoisotopic (exact) mass is 300 g/mol. The van der Waals surface area contributed by atoms with Crippen LogP contribution in [0, 0.1) is 0 Å². The molecule has 0 fully saturated rings. The molecule has 4 heteroatoms. The molecule has 0 amide bonds. The van der Waals surface area contributed by atoms with Crippen molar-refractivity contribution in [3.8, 4) is 5.75 Å². The highest BCUT2D eigenvalue weighted by atomic mass is 32.1. The molecule has 4 rings (SSSR count). The van der Waals surface area contributed by atoms with Crippen LogP contribution in [0.25, 0.3) is 0 Å². The normalized spacial score (nSPS) is 23.5. The number of thiazole rings is 1. The van der Waals surface area contributed by atoms with Gasteiger partial charge in [-0.2, -0.15) is 0 Å². The Bertz CT molecular complexity index is 627. The number of nitrogens with one attached hydrogen (secondary N) is 1. The zero-order valence-electron chi connectivity index (χ0n) is 12.3. The summed E-state index contributed by atoms with van der Waals surface area (Å²) in [5, 5.41) is 4.75. The molecule has 2 unspecified atom stereocenters. The number of hydrogen-bond acceptors (Lipinski definition) is 4. The first kappa shape index (κ1) is 13.3. The molecule has 2 aliphatic rings. The van der Waals surface area contributed by atoms with Crippen molar-refractivity contribution in [1.29, 1.82) is 0 Å². The number of hydrogen-bond donors (Lipinski definition) is 1.